The van der Waals surface area contributed by atoms with E-state index in [0.29, 0.717) is 11.5 Å². The van der Waals surface area contributed by atoms with E-state index in [4.69, 9.17) is 10.00 Å². The molecule has 2 nitrogen and oxygen atoms in total. The van der Waals surface area contributed by atoms with E-state index >= 15 is 0 Å². The molecule has 98 valence electrons. The molecule has 0 fully saturated rings. The highest BCUT2D eigenvalue weighted by molar-refractivity contribution is 5.41. The largest absolute Gasteiger partial charge is 0.493 e. The molecular weight excluding hydrogens is 222 g/mol. The quantitative estimate of drug-likeness (QED) is 0.710. The summed E-state index contributed by atoms with van der Waals surface area (Å²) in [6.45, 7) is 7.20. The smallest absolute Gasteiger partial charge is 0.123 e. The Bertz CT molecular complexity index is 406. The van der Waals surface area contributed by atoms with Gasteiger partial charge in [0.25, 0.3) is 0 Å². The van der Waals surface area contributed by atoms with Gasteiger partial charge in [-0.15, -0.1) is 0 Å². The van der Waals surface area contributed by atoms with Gasteiger partial charge in [0.05, 0.1) is 18.2 Å². The van der Waals surface area contributed by atoms with Gasteiger partial charge in [-0.05, 0) is 37.0 Å². The predicted octanol–water partition coefficient (Wildman–Crippen LogP) is 4.46. The van der Waals surface area contributed by atoms with Crippen LogP contribution in [-0.4, -0.2) is 6.61 Å². The molecule has 18 heavy (non-hydrogen) atoms. The van der Waals surface area contributed by atoms with Crippen molar-refractivity contribution in [3.05, 3.63) is 29.3 Å². The molecule has 0 saturated heterocycles. The Morgan fingerprint density at radius 1 is 1.33 bits per heavy atom. The molecule has 0 bridgehead atoms. The third-order valence-electron chi connectivity index (χ3n) is 3.34. The number of ether oxygens (including phenoxy) is 1. The van der Waals surface area contributed by atoms with Crippen molar-refractivity contribution >= 4 is 0 Å². The maximum Gasteiger partial charge on any atom is 0.123 e. The fraction of sp³-hybridized carbons (Fsp3) is 0.562. The van der Waals surface area contributed by atoms with Crippen LogP contribution >= 0.6 is 0 Å². The Morgan fingerprint density at radius 2 is 2.11 bits per heavy atom. The molecule has 0 amide bonds. The normalized spacial score (nSPS) is 11.9. The molecule has 0 aromatic heterocycles. The molecule has 2 heteroatoms. The first kappa shape index (κ1) is 14.6. The standard InChI is InChI=1S/C16H23NO/c1-4-6-7-14(5-2)12-18-16-10-15(11-17)9-8-13(16)3/h8-10,14H,4-7,12H2,1-3H3. The van der Waals surface area contributed by atoms with Gasteiger partial charge < -0.3 is 4.74 Å². The van der Waals surface area contributed by atoms with Crippen molar-refractivity contribution in [2.24, 2.45) is 5.92 Å². The van der Waals surface area contributed by atoms with Gasteiger partial charge in [-0.25, -0.2) is 0 Å². The fourth-order valence-electron chi connectivity index (χ4n) is 1.93. The maximum atomic E-state index is 8.89. The van der Waals surface area contributed by atoms with Crippen LogP contribution in [0.2, 0.25) is 0 Å². The molecular formula is C16H23NO. The van der Waals surface area contributed by atoms with Gasteiger partial charge in [0.15, 0.2) is 0 Å². The van der Waals surface area contributed by atoms with Gasteiger partial charge in [0, 0.05) is 0 Å². The highest BCUT2D eigenvalue weighted by Gasteiger charge is 2.08. The van der Waals surface area contributed by atoms with Gasteiger partial charge in [0.1, 0.15) is 5.75 Å². The van der Waals surface area contributed by atoms with E-state index in [0.717, 1.165) is 24.3 Å². The second kappa shape index (κ2) is 7.76. The zero-order chi connectivity index (χ0) is 13.4. The Balaban J connectivity index is 2.59. The summed E-state index contributed by atoms with van der Waals surface area (Å²) in [5.74, 6) is 1.47. The second-order valence-electron chi connectivity index (χ2n) is 4.82. The Labute approximate surface area is 111 Å². The average Bonchev–Trinajstić information content (AvgIpc) is 2.40. The Morgan fingerprint density at radius 3 is 2.72 bits per heavy atom. The third-order valence-corrected chi connectivity index (χ3v) is 3.34. The molecule has 1 rings (SSSR count). The second-order valence-corrected chi connectivity index (χ2v) is 4.82. The van der Waals surface area contributed by atoms with Crippen molar-refractivity contribution in [2.75, 3.05) is 6.61 Å². The minimum absolute atomic E-state index is 0.620. The molecule has 0 aliphatic rings. The Hall–Kier alpha value is -1.49. The van der Waals surface area contributed by atoms with Gasteiger partial charge in [-0.2, -0.15) is 5.26 Å². The lowest BCUT2D eigenvalue weighted by Crippen LogP contribution is -2.11. The van der Waals surface area contributed by atoms with Gasteiger partial charge in [-0.3, -0.25) is 0 Å². The molecule has 1 atom stereocenters. The van der Waals surface area contributed by atoms with E-state index in [1.54, 1.807) is 0 Å². The molecule has 0 saturated carbocycles. The van der Waals surface area contributed by atoms with E-state index in [1.807, 2.05) is 25.1 Å². The van der Waals surface area contributed by atoms with Crippen LogP contribution in [0.4, 0.5) is 0 Å². The molecule has 0 spiro atoms. The average molecular weight is 245 g/mol. The van der Waals surface area contributed by atoms with E-state index in [9.17, 15) is 0 Å². The zero-order valence-electron chi connectivity index (χ0n) is 11.7. The van der Waals surface area contributed by atoms with Crippen LogP contribution < -0.4 is 4.74 Å². The van der Waals surface area contributed by atoms with Crippen LogP contribution in [0.25, 0.3) is 0 Å². The first-order valence-electron chi connectivity index (χ1n) is 6.84. The predicted molar refractivity (Wildman–Crippen MR) is 74.7 cm³/mol. The Kier molecular flexibility index (Phi) is 6.28. The van der Waals surface area contributed by atoms with E-state index in [1.165, 1.54) is 19.3 Å². The summed E-state index contributed by atoms with van der Waals surface area (Å²) < 4.78 is 5.88. The minimum Gasteiger partial charge on any atom is -0.493 e. The fourth-order valence-corrected chi connectivity index (χ4v) is 1.93. The number of hydrogen-bond acceptors (Lipinski definition) is 2. The molecule has 0 aliphatic carbocycles. The molecule has 0 aliphatic heterocycles. The van der Waals surface area contributed by atoms with Crippen molar-refractivity contribution in [3.63, 3.8) is 0 Å². The topological polar surface area (TPSA) is 33.0 Å². The van der Waals surface area contributed by atoms with E-state index < -0.39 is 0 Å². The summed E-state index contributed by atoms with van der Waals surface area (Å²) in [5, 5.41) is 8.89. The minimum atomic E-state index is 0.620. The lowest BCUT2D eigenvalue weighted by molar-refractivity contribution is 0.232. The summed E-state index contributed by atoms with van der Waals surface area (Å²) >= 11 is 0. The number of nitriles is 1. The third kappa shape index (κ3) is 4.41. The number of benzene rings is 1. The highest BCUT2D eigenvalue weighted by Crippen LogP contribution is 2.21. The number of hydrogen-bond donors (Lipinski definition) is 0. The summed E-state index contributed by atoms with van der Waals surface area (Å²) in [7, 11) is 0. The van der Waals surface area contributed by atoms with Gasteiger partial charge in [-0.1, -0.05) is 39.2 Å². The number of rotatable bonds is 7. The van der Waals surface area contributed by atoms with Gasteiger partial charge >= 0.3 is 0 Å². The molecule has 0 N–H and O–H groups in total. The molecule has 0 radical (unpaired) electrons. The number of unbranched alkanes of at least 4 members (excludes halogenated alkanes) is 1. The zero-order valence-corrected chi connectivity index (χ0v) is 11.7. The first-order chi connectivity index (χ1) is 8.71. The number of nitrogens with zero attached hydrogens (tertiary/aromatic N) is 1. The molecule has 0 heterocycles. The van der Waals surface area contributed by atoms with Crippen molar-refractivity contribution in [1.82, 2.24) is 0 Å². The van der Waals surface area contributed by atoms with E-state index in [2.05, 4.69) is 19.9 Å². The van der Waals surface area contributed by atoms with Crippen LogP contribution in [0.3, 0.4) is 0 Å². The van der Waals surface area contributed by atoms with Gasteiger partial charge in [0.2, 0.25) is 0 Å². The van der Waals surface area contributed by atoms with Crippen LogP contribution in [0.1, 0.15) is 50.7 Å². The van der Waals surface area contributed by atoms with Crippen LogP contribution in [0, 0.1) is 24.2 Å². The van der Waals surface area contributed by atoms with Crippen molar-refractivity contribution in [3.8, 4) is 11.8 Å². The van der Waals surface area contributed by atoms with Crippen LogP contribution in [0.5, 0.6) is 5.75 Å². The van der Waals surface area contributed by atoms with Crippen molar-refractivity contribution < 1.29 is 4.74 Å². The lowest BCUT2D eigenvalue weighted by Gasteiger charge is -2.16. The molecule has 1 aromatic rings. The summed E-state index contributed by atoms with van der Waals surface area (Å²) in [6.07, 6.45) is 4.87. The lowest BCUT2D eigenvalue weighted by atomic mass is 10.0. The van der Waals surface area contributed by atoms with E-state index in [-0.39, 0.29) is 0 Å². The van der Waals surface area contributed by atoms with Crippen molar-refractivity contribution in [1.29, 1.82) is 5.26 Å². The van der Waals surface area contributed by atoms with Crippen LogP contribution in [-0.2, 0) is 0 Å². The monoisotopic (exact) mass is 245 g/mol. The highest BCUT2D eigenvalue weighted by atomic mass is 16.5. The summed E-state index contributed by atoms with van der Waals surface area (Å²) in [4.78, 5) is 0. The first-order valence-corrected chi connectivity index (χ1v) is 6.84. The summed E-state index contributed by atoms with van der Waals surface area (Å²) in [5.41, 5.74) is 1.76. The summed E-state index contributed by atoms with van der Waals surface area (Å²) in [6, 6.07) is 7.76. The SMILES string of the molecule is CCCCC(CC)COc1cc(C#N)ccc1C. The molecule has 1 unspecified atom stereocenters. The van der Waals surface area contributed by atoms with Crippen molar-refractivity contribution in [2.45, 2.75) is 46.5 Å². The van der Waals surface area contributed by atoms with Crippen LogP contribution in [0.15, 0.2) is 18.2 Å². The maximum absolute atomic E-state index is 8.89. The number of aryl methyl sites for hydroxylation is 1. The molecule has 1 aromatic carbocycles.